The molecule has 1 heterocycles. The summed E-state index contributed by atoms with van der Waals surface area (Å²) < 4.78 is 0. The van der Waals surface area contributed by atoms with Crippen LogP contribution in [-0.2, 0) is 0 Å². The molecule has 1 fully saturated rings. The first kappa shape index (κ1) is 8.33. The van der Waals surface area contributed by atoms with E-state index in [1.165, 1.54) is 4.90 Å². The minimum atomic E-state index is -0.931. The maximum absolute atomic E-state index is 10.6. The van der Waals surface area contributed by atoms with Crippen molar-refractivity contribution in [1.29, 1.82) is 0 Å². The van der Waals surface area contributed by atoms with Gasteiger partial charge in [-0.2, -0.15) is 0 Å². The molecule has 0 bridgehead atoms. The molecule has 0 aromatic heterocycles. The van der Waals surface area contributed by atoms with Crippen LogP contribution in [0, 0.1) is 0 Å². The smallest absolute Gasteiger partial charge is 0.407 e. The number of nitrogens with zero attached hydrogens (tertiary/aromatic N) is 1. The molecule has 0 radical (unpaired) electrons. The third-order valence-corrected chi connectivity index (χ3v) is 2.32. The molecule has 1 aliphatic rings. The number of amides is 1. The van der Waals surface area contributed by atoms with Crippen molar-refractivity contribution >= 4 is 6.09 Å². The van der Waals surface area contributed by atoms with Crippen LogP contribution in [-0.4, -0.2) is 39.9 Å². The number of hydrogen-bond donors (Lipinski definition) is 2. The summed E-state index contributed by atoms with van der Waals surface area (Å²) in [6, 6.07) is 0. The van der Waals surface area contributed by atoms with E-state index in [1.807, 2.05) is 0 Å². The number of rotatable bonds is 1. The van der Waals surface area contributed by atoms with Crippen LogP contribution in [0.15, 0.2) is 0 Å². The molecule has 1 aliphatic heterocycles. The Labute approximate surface area is 65.4 Å². The van der Waals surface area contributed by atoms with Crippen molar-refractivity contribution < 1.29 is 15.0 Å². The maximum atomic E-state index is 10.6. The third kappa shape index (κ3) is 1.30. The van der Waals surface area contributed by atoms with E-state index < -0.39 is 11.6 Å². The fourth-order valence-electron chi connectivity index (χ4n) is 1.51. The predicted molar refractivity (Wildman–Crippen MR) is 39.5 cm³/mol. The first-order valence-corrected chi connectivity index (χ1v) is 3.71. The lowest BCUT2D eigenvalue weighted by atomic mass is 10.0. The fraction of sp³-hybridized carbons (Fsp3) is 0.857. The second kappa shape index (κ2) is 2.70. The Bertz CT molecular complexity index is 171. The van der Waals surface area contributed by atoms with Gasteiger partial charge in [-0.25, -0.2) is 4.79 Å². The van der Waals surface area contributed by atoms with Crippen molar-refractivity contribution in [1.82, 2.24) is 4.90 Å². The van der Waals surface area contributed by atoms with Crippen LogP contribution < -0.4 is 0 Å². The average molecular weight is 159 g/mol. The lowest BCUT2D eigenvalue weighted by Gasteiger charge is -2.30. The van der Waals surface area contributed by atoms with Gasteiger partial charge in [0.2, 0.25) is 0 Å². The summed E-state index contributed by atoms with van der Waals surface area (Å²) in [6.07, 6.45) is 0.679. The summed E-state index contributed by atoms with van der Waals surface area (Å²) in [5.41, 5.74) is -0.536. The van der Waals surface area contributed by atoms with Gasteiger partial charge in [0, 0.05) is 6.54 Å². The van der Waals surface area contributed by atoms with E-state index in [-0.39, 0.29) is 6.61 Å². The quantitative estimate of drug-likeness (QED) is 0.586. The minimum Gasteiger partial charge on any atom is -0.465 e. The number of carbonyl (C=O) groups is 1. The van der Waals surface area contributed by atoms with E-state index >= 15 is 0 Å². The Morgan fingerprint density at radius 2 is 2.36 bits per heavy atom. The first-order chi connectivity index (χ1) is 5.10. The molecule has 0 aliphatic carbocycles. The molecule has 4 heteroatoms. The van der Waals surface area contributed by atoms with Crippen LogP contribution in [0.3, 0.4) is 0 Å². The van der Waals surface area contributed by atoms with Crippen LogP contribution in [0.4, 0.5) is 4.79 Å². The largest absolute Gasteiger partial charge is 0.465 e. The molecule has 4 nitrogen and oxygen atoms in total. The van der Waals surface area contributed by atoms with Gasteiger partial charge in [-0.1, -0.05) is 0 Å². The Morgan fingerprint density at radius 1 is 1.73 bits per heavy atom. The molecule has 64 valence electrons. The molecular weight excluding hydrogens is 146 g/mol. The van der Waals surface area contributed by atoms with Crippen LogP contribution >= 0.6 is 0 Å². The maximum Gasteiger partial charge on any atom is 0.407 e. The van der Waals surface area contributed by atoms with Crippen LogP contribution in [0.1, 0.15) is 19.8 Å². The third-order valence-electron chi connectivity index (χ3n) is 2.32. The zero-order valence-electron chi connectivity index (χ0n) is 6.58. The van der Waals surface area contributed by atoms with E-state index in [4.69, 9.17) is 10.2 Å². The highest BCUT2D eigenvalue weighted by Gasteiger charge is 2.38. The summed E-state index contributed by atoms with van der Waals surface area (Å²) >= 11 is 0. The van der Waals surface area contributed by atoms with Gasteiger partial charge in [0.1, 0.15) is 0 Å². The van der Waals surface area contributed by atoms with Crippen LogP contribution in [0.25, 0.3) is 0 Å². The normalized spacial score (nSPS) is 30.9. The number of likely N-dealkylation sites (tertiary alicyclic amines) is 1. The highest BCUT2D eigenvalue weighted by molar-refractivity contribution is 5.66. The zero-order valence-corrected chi connectivity index (χ0v) is 6.58. The highest BCUT2D eigenvalue weighted by Crippen LogP contribution is 2.27. The number of aliphatic hydroxyl groups is 1. The van der Waals surface area contributed by atoms with Gasteiger partial charge >= 0.3 is 6.09 Å². The summed E-state index contributed by atoms with van der Waals surface area (Å²) in [7, 11) is 0. The highest BCUT2D eigenvalue weighted by atomic mass is 16.4. The van der Waals surface area contributed by atoms with Crippen molar-refractivity contribution in [2.45, 2.75) is 25.3 Å². The molecule has 1 atom stereocenters. The van der Waals surface area contributed by atoms with Crippen LogP contribution in [0.5, 0.6) is 0 Å². The van der Waals surface area contributed by atoms with E-state index in [2.05, 4.69) is 0 Å². The van der Waals surface area contributed by atoms with E-state index in [9.17, 15) is 4.79 Å². The topological polar surface area (TPSA) is 60.8 Å². The monoisotopic (exact) mass is 159 g/mol. The van der Waals surface area contributed by atoms with Gasteiger partial charge in [-0.3, -0.25) is 0 Å². The van der Waals surface area contributed by atoms with E-state index in [1.54, 1.807) is 6.92 Å². The number of carboxylic acid groups (broad SMARTS) is 1. The summed E-state index contributed by atoms with van der Waals surface area (Å²) in [4.78, 5) is 11.9. The summed E-state index contributed by atoms with van der Waals surface area (Å²) in [6.45, 7) is 2.24. The molecule has 11 heavy (non-hydrogen) atoms. The number of hydrogen-bond acceptors (Lipinski definition) is 2. The first-order valence-electron chi connectivity index (χ1n) is 3.71. The molecular formula is C7H13NO3. The number of aliphatic hydroxyl groups excluding tert-OH is 1. The van der Waals surface area contributed by atoms with Gasteiger partial charge in [0.05, 0.1) is 12.1 Å². The van der Waals surface area contributed by atoms with Crippen molar-refractivity contribution in [3.05, 3.63) is 0 Å². The van der Waals surface area contributed by atoms with Crippen molar-refractivity contribution in [3.8, 4) is 0 Å². The minimum absolute atomic E-state index is 0.0840. The molecule has 0 saturated carbocycles. The molecule has 1 rings (SSSR count). The Balaban J connectivity index is 2.72. The lowest BCUT2D eigenvalue weighted by molar-refractivity contribution is 0.0709. The molecule has 0 spiro atoms. The SMILES string of the molecule is C[C@]1(CO)CCCN1C(=O)O. The van der Waals surface area contributed by atoms with Gasteiger partial charge in [-0.15, -0.1) is 0 Å². The molecule has 0 aromatic rings. The van der Waals surface area contributed by atoms with E-state index in [0.29, 0.717) is 6.54 Å². The van der Waals surface area contributed by atoms with Gasteiger partial charge in [0.25, 0.3) is 0 Å². The molecule has 0 unspecified atom stereocenters. The molecule has 1 amide bonds. The van der Waals surface area contributed by atoms with E-state index in [0.717, 1.165) is 12.8 Å². The van der Waals surface area contributed by atoms with Gasteiger partial charge in [0.15, 0.2) is 0 Å². The summed E-state index contributed by atoms with van der Waals surface area (Å²) in [5.74, 6) is 0. The molecule has 0 aromatic carbocycles. The summed E-state index contributed by atoms with van der Waals surface area (Å²) in [5, 5.41) is 17.6. The standard InChI is InChI=1S/C7H13NO3/c1-7(5-9)3-2-4-8(7)6(10)11/h9H,2-5H2,1H3,(H,10,11)/t7-/m1/s1. The van der Waals surface area contributed by atoms with Crippen molar-refractivity contribution in [2.24, 2.45) is 0 Å². The predicted octanol–water partition coefficient (Wildman–Crippen LogP) is 0.511. The lowest BCUT2D eigenvalue weighted by Crippen LogP contribution is -2.46. The molecule has 1 saturated heterocycles. The Morgan fingerprint density at radius 3 is 2.73 bits per heavy atom. The average Bonchev–Trinajstić information content (AvgIpc) is 2.32. The molecule has 2 N–H and O–H groups in total. The second-order valence-corrected chi connectivity index (χ2v) is 3.19. The van der Waals surface area contributed by atoms with Crippen molar-refractivity contribution in [3.63, 3.8) is 0 Å². The van der Waals surface area contributed by atoms with Gasteiger partial charge in [-0.05, 0) is 19.8 Å². The zero-order chi connectivity index (χ0) is 8.48. The second-order valence-electron chi connectivity index (χ2n) is 3.19. The van der Waals surface area contributed by atoms with Crippen molar-refractivity contribution in [2.75, 3.05) is 13.2 Å². The van der Waals surface area contributed by atoms with Gasteiger partial charge < -0.3 is 15.1 Å². The van der Waals surface area contributed by atoms with Crippen LogP contribution in [0.2, 0.25) is 0 Å². The Hall–Kier alpha value is -0.770. The fourth-order valence-corrected chi connectivity index (χ4v) is 1.51. The Kier molecular flexibility index (Phi) is 2.04.